The molecule has 1 aromatic carbocycles. The second-order valence-corrected chi connectivity index (χ2v) is 6.43. The molecule has 4 rings (SSSR count). The zero-order chi connectivity index (χ0) is 19.8. The zero-order valence-electron chi connectivity index (χ0n) is 15.2. The minimum atomic E-state index is -0.686. The summed E-state index contributed by atoms with van der Waals surface area (Å²) in [7, 11) is 0. The highest BCUT2D eigenvalue weighted by Gasteiger charge is 2.18. The van der Waals surface area contributed by atoms with Crippen LogP contribution in [0.15, 0.2) is 59.3 Å². The van der Waals surface area contributed by atoms with Crippen LogP contribution < -0.4 is 5.32 Å². The molecule has 0 aliphatic heterocycles. The van der Waals surface area contributed by atoms with Gasteiger partial charge in [-0.25, -0.2) is 4.98 Å². The number of amides is 1. The zero-order valence-corrected chi connectivity index (χ0v) is 15.2. The van der Waals surface area contributed by atoms with Crippen LogP contribution in [0.1, 0.15) is 21.7 Å². The van der Waals surface area contributed by atoms with Gasteiger partial charge in [0.05, 0.1) is 11.8 Å². The van der Waals surface area contributed by atoms with E-state index in [2.05, 4.69) is 10.3 Å². The Labute approximate surface area is 159 Å². The topological polar surface area (TPSA) is 103 Å². The Morgan fingerprint density at radius 3 is 2.71 bits per heavy atom. The molecule has 8 heteroatoms. The number of anilines is 1. The number of aryl methyl sites for hydroxylation is 2. The lowest BCUT2D eigenvalue weighted by atomic mass is 10.1. The number of imidazole rings is 1. The maximum Gasteiger partial charge on any atom is 0.433 e. The smallest absolute Gasteiger partial charge is 0.395 e. The van der Waals surface area contributed by atoms with Crippen molar-refractivity contribution in [3.05, 3.63) is 81.9 Å². The van der Waals surface area contributed by atoms with Crippen LogP contribution in [0.2, 0.25) is 0 Å². The number of carbonyl (C=O) groups is 1. The first-order chi connectivity index (χ1) is 13.4. The Bertz CT molecular complexity index is 1220. The van der Waals surface area contributed by atoms with Crippen molar-refractivity contribution in [2.45, 2.75) is 13.8 Å². The van der Waals surface area contributed by atoms with Crippen LogP contribution in [0.5, 0.6) is 0 Å². The number of hydrogen-bond donors (Lipinski definition) is 1. The highest BCUT2D eigenvalue weighted by Crippen LogP contribution is 2.27. The van der Waals surface area contributed by atoms with Gasteiger partial charge in [-0.15, -0.1) is 0 Å². The predicted octanol–water partition coefficient (Wildman–Crippen LogP) is 4.37. The van der Waals surface area contributed by atoms with Gasteiger partial charge in [-0.1, -0.05) is 18.2 Å². The minimum absolute atomic E-state index is 0.125. The summed E-state index contributed by atoms with van der Waals surface area (Å²) in [5.74, 6) is -1.16. The first-order valence-corrected chi connectivity index (χ1v) is 8.53. The molecule has 0 fully saturated rings. The van der Waals surface area contributed by atoms with Gasteiger partial charge in [0.2, 0.25) is 0 Å². The average Bonchev–Trinajstić information content (AvgIpc) is 3.31. The average molecular weight is 376 g/mol. The van der Waals surface area contributed by atoms with Crippen LogP contribution in [-0.4, -0.2) is 20.2 Å². The number of aromatic nitrogens is 2. The molecule has 28 heavy (non-hydrogen) atoms. The van der Waals surface area contributed by atoms with Crippen molar-refractivity contribution in [2.24, 2.45) is 0 Å². The van der Waals surface area contributed by atoms with Gasteiger partial charge in [-0.05, 0) is 43.2 Å². The highest BCUT2D eigenvalue weighted by molar-refractivity contribution is 6.03. The van der Waals surface area contributed by atoms with Gasteiger partial charge in [0.25, 0.3) is 5.91 Å². The van der Waals surface area contributed by atoms with E-state index in [1.54, 1.807) is 0 Å². The Balaban J connectivity index is 1.65. The molecule has 0 aliphatic rings. The van der Waals surface area contributed by atoms with E-state index in [1.807, 2.05) is 61.0 Å². The van der Waals surface area contributed by atoms with Gasteiger partial charge in [0.1, 0.15) is 10.6 Å². The number of nitrogens with one attached hydrogen (secondary N) is 1. The number of rotatable bonds is 4. The summed E-state index contributed by atoms with van der Waals surface area (Å²) < 4.78 is 6.91. The number of furan rings is 1. The molecule has 140 valence electrons. The van der Waals surface area contributed by atoms with Gasteiger partial charge in [-0.3, -0.25) is 14.9 Å². The van der Waals surface area contributed by atoms with Crippen molar-refractivity contribution in [1.82, 2.24) is 9.38 Å². The molecule has 0 aliphatic carbocycles. The molecular formula is C20H16N4O4. The van der Waals surface area contributed by atoms with Gasteiger partial charge < -0.3 is 14.1 Å². The van der Waals surface area contributed by atoms with E-state index in [9.17, 15) is 14.9 Å². The lowest BCUT2D eigenvalue weighted by Gasteiger charge is -2.08. The van der Waals surface area contributed by atoms with Crippen LogP contribution in [-0.2, 0) is 0 Å². The summed E-state index contributed by atoms with van der Waals surface area (Å²) in [6.45, 7) is 3.85. The van der Waals surface area contributed by atoms with Crippen molar-refractivity contribution in [1.29, 1.82) is 0 Å². The van der Waals surface area contributed by atoms with Gasteiger partial charge in [-0.2, -0.15) is 0 Å². The lowest BCUT2D eigenvalue weighted by molar-refractivity contribution is -0.402. The largest absolute Gasteiger partial charge is 0.433 e. The van der Waals surface area contributed by atoms with Crippen molar-refractivity contribution >= 4 is 23.1 Å². The number of benzene rings is 1. The normalized spacial score (nSPS) is 10.9. The summed E-state index contributed by atoms with van der Waals surface area (Å²) in [6.07, 6.45) is 3.86. The lowest BCUT2D eigenvalue weighted by Crippen LogP contribution is -2.12. The van der Waals surface area contributed by atoms with Gasteiger partial charge >= 0.3 is 5.88 Å². The summed E-state index contributed by atoms with van der Waals surface area (Å²) in [6, 6.07) is 12.0. The Morgan fingerprint density at radius 1 is 1.18 bits per heavy atom. The Morgan fingerprint density at radius 2 is 2.00 bits per heavy atom. The van der Waals surface area contributed by atoms with Crippen molar-refractivity contribution < 1.29 is 14.1 Å². The van der Waals surface area contributed by atoms with Gasteiger partial charge in [0, 0.05) is 23.6 Å². The Kier molecular flexibility index (Phi) is 4.15. The van der Waals surface area contributed by atoms with Gasteiger partial charge in [0.15, 0.2) is 5.76 Å². The van der Waals surface area contributed by atoms with E-state index in [4.69, 9.17) is 4.42 Å². The quantitative estimate of drug-likeness (QED) is 0.421. The van der Waals surface area contributed by atoms with Crippen molar-refractivity contribution in [2.75, 3.05) is 5.32 Å². The third kappa shape index (κ3) is 3.11. The maximum atomic E-state index is 12.4. The molecule has 0 unspecified atom stereocenters. The molecule has 3 aromatic heterocycles. The second-order valence-electron chi connectivity index (χ2n) is 6.43. The standard InChI is InChI=1S/C20H16N4O4/c1-12-5-6-14(16-11-23-9-3-4-13(2)19(23)21-16)10-15(12)22-20(25)17-7-8-18(28-17)24(26)27/h3-11H,1-2H3,(H,22,25). The van der Waals surface area contributed by atoms with Crippen LogP contribution in [0.25, 0.3) is 16.9 Å². The monoisotopic (exact) mass is 376 g/mol. The number of fused-ring (bicyclic) bond motifs is 1. The van der Waals surface area contributed by atoms with Crippen molar-refractivity contribution in [3.8, 4) is 11.3 Å². The maximum absolute atomic E-state index is 12.4. The fourth-order valence-corrected chi connectivity index (χ4v) is 2.94. The molecule has 0 saturated carbocycles. The second kappa shape index (κ2) is 6.66. The van der Waals surface area contributed by atoms with Crippen LogP contribution >= 0.6 is 0 Å². The molecule has 0 bridgehead atoms. The molecule has 1 N–H and O–H groups in total. The first kappa shape index (κ1) is 17.5. The van der Waals surface area contributed by atoms with E-state index < -0.39 is 16.7 Å². The third-order valence-corrected chi connectivity index (χ3v) is 4.45. The highest BCUT2D eigenvalue weighted by atomic mass is 16.6. The fraction of sp³-hybridized carbons (Fsp3) is 0.100. The molecule has 1 amide bonds. The van der Waals surface area contributed by atoms with E-state index in [1.165, 1.54) is 6.07 Å². The molecule has 3 heterocycles. The summed E-state index contributed by atoms with van der Waals surface area (Å²) in [4.78, 5) is 27.1. The third-order valence-electron chi connectivity index (χ3n) is 4.45. The summed E-state index contributed by atoms with van der Waals surface area (Å²) in [5, 5.41) is 13.5. The molecule has 8 nitrogen and oxygen atoms in total. The number of hydrogen-bond acceptors (Lipinski definition) is 5. The number of nitro groups is 1. The summed E-state index contributed by atoms with van der Waals surface area (Å²) in [5.41, 5.74) is 4.97. The van der Waals surface area contributed by atoms with Crippen molar-refractivity contribution in [3.63, 3.8) is 0 Å². The number of carbonyl (C=O) groups excluding carboxylic acids is 1. The molecule has 4 aromatic rings. The Hall–Kier alpha value is -3.94. The summed E-state index contributed by atoms with van der Waals surface area (Å²) >= 11 is 0. The number of nitrogens with zero attached hydrogens (tertiary/aromatic N) is 3. The van der Waals surface area contributed by atoms with E-state index in [0.717, 1.165) is 34.1 Å². The van der Waals surface area contributed by atoms with Crippen LogP contribution in [0.4, 0.5) is 11.6 Å². The molecule has 0 saturated heterocycles. The molecular weight excluding hydrogens is 360 g/mol. The number of pyridine rings is 1. The van der Waals surface area contributed by atoms with E-state index >= 15 is 0 Å². The molecule has 0 spiro atoms. The van der Waals surface area contributed by atoms with E-state index in [-0.39, 0.29) is 5.76 Å². The van der Waals surface area contributed by atoms with Crippen LogP contribution in [0.3, 0.4) is 0 Å². The molecule has 0 radical (unpaired) electrons. The van der Waals surface area contributed by atoms with E-state index in [0.29, 0.717) is 5.69 Å². The molecule has 0 atom stereocenters. The SMILES string of the molecule is Cc1ccc(-c2cn3cccc(C)c3n2)cc1NC(=O)c1ccc([N+](=O)[O-])o1. The van der Waals surface area contributed by atoms with Crippen LogP contribution in [0, 0.1) is 24.0 Å². The first-order valence-electron chi connectivity index (χ1n) is 8.53. The minimum Gasteiger partial charge on any atom is -0.395 e. The predicted molar refractivity (Wildman–Crippen MR) is 103 cm³/mol. The fourth-order valence-electron chi connectivity index (χ4n) is 2.94.